The van der Waals surface area contributed by atoms with Crippen molar-refractivity contribution in [1.82, 2.24) is 0 Å². The molecular weight excluding hydrogens is 256 g/mol. The molecule has 1 heteroatoms. The standard InChI is InChI=1S/C20H30O/c1-14(16-8-3-4-9-16)18-12-7-13-19(21)20(18)15(2)17-10-5-6-11-17/h7,12-17,21H,3-6,8-11H2,1-2H3. The minimum absolute atomic E-state index is 0.507. The molecule has 116 valence electrons. The SMILES string of the molecule is CC(c1cccc(O)c1C(C)C1CCCC1)C1CCCC1. The van der Waals surface area contributed by atoms with Crippen LogP contribution in [0.15, 0.2) is 18.2 Å². The third-order valence-electron chi connectivity index (χ3n) is 6.28. The van der Waals surface area contributed by atoms with Gasteiger partial charge in [0.25, 0.3) is 0 Å². The van der Waals surface area contributed by atoms with Crippen LogP contribution in [0, 0.1) is 11.8 Å². The van der Waals surface area contributed by atoms with Crippen molar-refractivity contribution in [2.45, 2.75) is 77.0 Å². The van der Waals surface area contributed by atoms with Crippen LogP contribution in [0.1, 0.15) is 88.2 Å². The van der Waals surface area contributed by atoms with E-state index in [1.165, 1.54) is 62.5 Å². The van der Waals surface area contributed by atoms with Crippen molar-refractivity contribution in [3.05, 3.63) is 29.3 Å². The molecule has 1 aromatic rings. The van der Waals surface area contributed by atoms with Crippen molar-refractivity contribution in [2.24, 2.45) is 11.8 Å². The summed E-state index contributed by atoms with van der Waals surface area (Å²) in [7, 11) is 0. The highest BCUT2D eigenvalue weighted by Gasteiger charge is 2.30. The Bertz CT molecular complexity index is 467. The average molecular weight is 286 g/mol. The third kappa shape index (κ3) is 2.98. The number of benzene rings is 1. The van der Waals surface area contributed by atoms with E-state index in [-0.39, 0.29) is 0 Å². The molecule has 2 aliphatic rings. The number of phenols is 1. The van der Waals surface area contributed by atoms with Gasteiger partial charge in [-0.05, 0) is 61.0 Å². The highest BCUT2D eigenvalue weighted by molar-refractivity contribution is 5.44. The fraction of sp³-hybridized carbons (Fsp3) is 0.700. The van der Waals surface area contributed by atoms with Crippen molar-refractivity contribution < 1.29 is 5.11 Å². The van der Waals surface area contributed by atoms with Crippen LogP contribution in [0.3, 0.4) is 0 Å². The third-order valence-corrected chi connectivity index (χ3v) is 6.28. The van der Waals surface area contributed by atoms with Gasteiger partial charge in [0.2, 0.25) is 0 Å². The van der Waals surface area contributed by atoms with E-state index in [4.69, 9.17) is 0 Å². The summed E-state index contributed by atoms with van der Waals surface area (Å²) in [6.45, 7) is 4.73. The molecule has 3 rings (SSSR count). The van der Waals surface area contributed by atoms with Gasteiger partial charge in [0.15, 0.2) is 0 Å². The highest BCUT2D eigenvalue weighted by atomic mass is 16.3. The lowest BCUT2D eigenvalue weighted by Gasteiger charge is -2.28. The molecule has 0 spiro atoms. The molecule has 0 aliphatic heterocycles. The Hall–Kier alpha value is -0.980. The maximum atomic E-state index is 10.5. The van der Waals surface area contributed by atoms with E-state index in [9.17, 15) is 5.11 Å². The molecule has 0 radical (unpaired) electrons. The maximum Gasteiger partial charge on any atom is 0.119 e. The van der Waals surface area contributed by atoms with Crippen molar-refractivity contribution in [2.75, 3.05) is 0 Å². The average Bonchev–Trinajstić information content (AvgIpc) is 3.18. The van der Waals surface area contributed by atoms with Crippen molar-refractivity contribution in [1.29, 1.82) is 0 Å². The van der Waals surface area contributed by atoms with E-state index < -0.39 is 0 Å². The molecule has 0 saturated heterocycles. The van der Waals surface area contributed by atoms with Crippen LogP contribution in [-0.4, -0.2) is 5.11 Å². The summed E-state index contributed by atoms with van der Waals surface area (Å²) >= 11 is 0. The first-order valence-corrected chi connectivity index (χ1v) is 9.00. The van der Waals surface area contributed by atoms with Crippen LogP contribution in [-0.2, 0) is 0 Å². The van der Waals surface area contributed by atoms with E-state index in [2.05, 4.69) is 19.9 Å². The van der Waals surface area contributed by atoms with Gasteiger partial charge in [-0.3, -0.25) is 0 Å². The highest BCUT2D eigenvalue weighted by Crippen LogP contribution is 2.46. The Morgan fingerprint density at radius 1 is 0.857 bits per heavy atom. The van der Waals surface area contributed by atoms with Gasteiger partial charge in [-0.25, -0.2) is 0 Å². The monoisotopic (exact) mass is 286 g/mol. The molecule has 21 heavy (non-hydrogen) atoms. The normalized spacial score (nSPS) is 23.5. The second kappa shape index (κ2) is 6.42. The summed E-state index contributed by atoms with van der Waals surface area (Å²) in [6, 6.07) is 6.22. The Morgan fingerprint density at radius 3 is 1.95 bits per heavy atom. The molecule has 2 fully saturated rings. The lowest BCUT2D eigenvalue weighted by Crippen LogP contribution is -2.14. The molecule has 0 heterocycles. The predicted octanol–water partition coefficient (Wildman–Crippen LogP) is 5.98. The summed E-state index contributed by atoms with van der Waals surface area (Å²) < 4.78 is 0. The summed E-state index contributed by atoms with van der Waals surface area (Å²) in [5, 5.41) is 10.5. The Kier molecular flexibility index (Phi) is 4.57. The quantitative estimate of drug-likeness (QED) is 0.722. The zero-order chi connectivity index (χ0) is 14.8. The minimum atomic E-state index is 0.507. The van der Waals surface area contributed by atoms with Crippen molar-refractivity contribution >= 4 is 0 Å². The van der Waals surface area contributed by atoms with Gasteiger partial charge in [-0.1, -0.05) is 51.7 Å². The zero-order valence-electron chi connectivity index (χ0n) is 13.6. The summed E-state index contributed by atoms with van der Waals surface area (Å²) in [6.07, 6.45) is 10.9. The van der Waals surface area contributed by atoms with E-state index in [1.54, 1.807) is 0 Å². The van der Waals surface area contributed by atoms with Crippen LogP contribution in [0.5, 0.6) is 5.75 Å². The van der Waals surface area contributed by atoms with E-state index in [0.29, 0.717) is 17.6 Å². The summed E-state index contributed by atoms with van der Waals surface area (Å²) in [4.78, 5) is 0. The van der Waals surface area contributed by atoms with Gasteiger partial charge in [0.05, 0.1) is 0 Å². The molecule has 1 N–H and O–H groups in total. The topological polar surface area (TPSA) is 20.2 Å². The number of aromatic hydroxyl groups is 1. The molecule has 0 aromatic heterocycles. The summed E-state index contributed by atoms with van der Waals surface area (Å²) in [5.41, 5.74) is 2.70. The Balaban J connectivity index is 1.90. The van der Waals surface area contributed by atoms with Crippen molar-refractivity contribution in [3.63, 3.8) is 0 Å². The number of phenolic OH excluding ortho intramolecular Hbond substituents is 1. The second-order valence-electron chi connectivity index (χ2n) is 7.45. The maximum absolute atomic E-state index is 10.5. The molecule has 0 bridgehead atoms. The zero-order valence-corrected chi connectivity index (χ0v) is 13.6. The van der Waals surface area contributed by atoms with Gasteiger partial charge < -0.3 is 5.11 Å². The van der Waals surface area contributed by atoms with Gasteiger partial charge in [-0.15, -0.1) is 0 Å². The smallest absolute Gasteiger partial charge is 0.119 e. The minimum Gasteiger partial charge on any atom is -0.508 e. The fourth-order valence-corrected chi connectivity index (χ4v) is 4.87. The number of rotatable bonds is 4. The summed E-state index contributed by atoms with van der Waals surface area (Å²) in [5.74, 6) is 3.23. The van der Waals surface area contributed by atoms with E-state index in [1.807, 2.05) is 12.1 Å². The van der Waals surface area contributed by atoms with Crippen LogP contribution >= 0.6 is 0 Å². The molecule has 0 amide bonds. The van der Waals surface area contributed by atoms with Crippen LogP contribution in [0.25, 0.3) is 0 Å². The Labute approximate surface area is 129 Å². The number of hydrogen-bond donors (Lipinski definition) is 1. The van der Waals surface area contributed by atoms with E-state index >= 15 is 0 Å². The first-order chi connectivity index (χ1) is 10.2. The molecule has 2 aliphatic carbocycles. The molecule has 1 aromatic carbocycles. The van der Waals surface area contributed by atoms with Gasteiger partial charge >= 0.3 is 0 Å². The first kappa shape index (κ1) is 14.9. The molecule has 2 unspecified atom stereocenters. The lowest BCUT2D eigenvalue weighted by atomic mass is 9.77. The number of hydrogen-bond acceptors (Lipinski definition) is 1. The van der Waals surface area contributed by atoms with Gasteiger partial charge in [0.1, 0.15) is 5.75 Å². The van der Waals surface area contributed by atoms with Crippen LogP contribution in [0.2, 0.25) is 0 Å². The predicted molar refractivity (Wildman–Crippen MR) is 88.9 cm³/mol. The van der Waals surface area contributed by atoms with E-state index in [0.717, 1.165) is 11.8 Å². The first-order valence-electron chi connectivity index (χ1n) is 9.00. The van der Waals surface area contributed by atoms with Crippen molar-refractivity contribution in [3.8, 4) is 5.75 Å². The molecule has 2 saturated carbocycles. The Morgan fingerprint density at radius 2 is 1.38 bits per heavy atom. The molecule has 1 nitrogen and oxygen atoms in total. The molecular formula is C20H30O. The largest absolute Gasteiger partial charge is 0.508 e. The van der Waals surface area contributed by atoms with Crippen LogP contribution < -0.4 is 0 Å². The fourth-order valence-electron chi connectivity index (χ4n) is 4.87. The van der Waals surface area contributed by atoms with Crippen LogP contribution in [0.4, 0.5) is 0 Å². The van der Waals surface area contributed by atoms with Gasteiger partial charge in [-0.2, -0.15) is 0 Å². The second-order valence-corrected chi connectivity index (χ2v) is 7.45. The molecule has 2 atom stereocenters. The van der Waals surface area contributed by atoms with Gasteiger partial charge in [0, 0.05) is 5.56 Å². The lowest BCUT2D eigenvalue weighted by molar-refractivity contribution is 0.406.